The van der Waals surface area contributed by atoms with Crippen LogP contribution in [0.1, 0.15) is 105 Å². The highest BCUT2D eigenvalue weighted by Crippen LogP contribution is 2.24. The molecule has 0 atom stereocenters. The number of rotatable bonds is 0. The number of furan rings is 1. The zero-order valence-electron chi connectivity index (χ0n) is 25.8. The van der Waals surface area contributed by atoms with Crippen molar-refractivity contribution in [2.24, 2.45) is 0 Å². The summed E-state index contributed by atoms with van der Waals surface area (Å²) < 4.78 is 4.94. The molecule has 3 nitrogen and oxygen atoms in total. The third-order valence-electron chi connectivity index (χ3n) is 5.85. The minimum atomic E-state index is 0.229. The zero-order valence-corrected chi connectivity index (χ0v) is 26.6. The molecule has 0 radical (unpaired) electrons. The fourth-order valence-electron chi connectivity index (χ4n) is 3.04. The zero-order chi connectivity index (χ0) is 29.0. The van der Waals surface area contributed by atoms with Gasteiger partial charge in [0.1, 0.15) is 0 Å². The summed E-state index contributed by atoms with van der Waals surface area (Å²) in [6, 6.07) is 12.4. The third kappa shape index (κ3) is 13.2. The Hall–Kier alpha value is -2.72. The second-order valence-corrected chi connectivity index (χ2v) is 14.3. The van der Waals surface area contributed by atoms with Crippen LogP contribution in [-0.2, 0) is 21.7 Å². The number of hydrogen-bond acceptors (Lipinski definition) is 4. The van der Waals surface area contributed by atoms with E-state index in [2.05, 4.69) is 128 Å². The number of aromatic nitrogens is 2. The van der Waals surface area contributed by atoms with Crippen LogP contribution in [-0.4, -0.2) is 9.97 Å². The van der Waals surface area contributed by atoms with Crippen molar-refractivity contribution < 1.29 is 4.42 Å². The van der Waals surface area contributed by atoms with Gasteiger partial charge in [0.05, 0.1) is 12.5 Å². The molecule has 4 aromatic rings. The second-order valence-electron chi connectivity index (χ2n) is 13.5. The van der Waals surface area contributed by atoms with Crippen LogP contribution in [0.3, 0.4) is 0 Å². The first kappa shape index (κ1) is 33.3. The highest BCUT2D eigenvalue weighted by molar-refractivity contribution is 7.08. The molecule has 0 saturated heterocycles. The predicted molar refractivity (Wildman–Crippen MR) is 166 cm³/mol. The molecule has 0 N–H and O–H groups in total. The van der Waals surface area contributed by atoms with Gasteiger partial charge in [-0.3, -0.25) is 9.97 Å². The monoisotopic (exact) mass is 534 g/mol. The van der Waals surface area contributed by atoms with Crippen molar-refractivity contribution in [3.05, 3.63) is 107 Å². The lowest BCUT2D eigenvalue weighted by Crippen LogP contribution is -2.10. The fourth-order valence-corrected chi connectivity index (χ4v) is 3.92. The van der Waals surface area contributed by atoms with E-state index in [-0.39, 0.29) is 16.2 Å². The van der Waals surface area contributed by atoms with E-state index in [0.29, 0.717) is 5.41 Å². The molecule has 0 saturated carbocycles. The van der Waals surface area contributed by atoms with E-state index in [1.54, 1.807) is 30.1 Å². The van der Waals surface area contributed by atoms with E-state index in [0.717, 1.165) is 0 Å². The van der Waals surface area contributed by atoms with Gasteiger partial charge in [-0.25, -0.2) is 0 Å². The van der Waals surface area contributed by atoms with Crippen molar-refractivity contribution >= 4 is 11.3 Å². The first-order valence-corrected chi connectivity index (χ1v) is 14.2. The van der Waals surface area contributed by atoms with E-state index in [1.807, 2.05) is 30.7 Å². The fraction of sp³-hybridized carbons (Fsp3) is 0.471. The molecule has 4 aromatic heterocycles. The van der Waals surface area contributed by atoms with E-state index < -0.39 is 0 Å². The van der Waals surface area contributed by atoms with Crippen LogP contribution in [0.25, 0.3) is 0 Å². The first-order chi connectivity index (χ1) is 17.4. The normalized spacial score (nSPS) is 11.7. The number of pyridine rings is 2. The van der Waals surface area contributed by atoms with Gasteiger partial charge in [-0.1, -0.05) is 89.2 Å². The highest BCUT2D eigenvalue weighted by Gasteiger charge is 2.14. The molecule has 0 amide bonds. The van der Waals surface area contributed by atoms with Crippen molar-refractivity contribution in [1.29, 1.82) is 0 Å². The van der Waals surface area contributed by atoms with Crippen LogP contribution >= 0.6 is 11.3 Å². The maximum atomic E-state index is 4.94. The summed E-state index contributed by atoms with van der Waals surface area (Å²) >= 11 is 1.77. The van der Waals surface area contributed by atoms with Gasteiger partial charge in [0.25, 0.3) is 0 Å². The molecule has 4 heteroatoms. The van der Waals surface area contributed by atoms with Crippen LogP contribution in [0.15, 0.2) is 88.9 Å². The minimum Gasteiger partial charge on any atom is -0.472 e. The van der Waals surface area contributed by atoms with Gasteiger partial charge in [-0.2, -0.15) is 11.3 Å². The molecule has 0 aliphatic heterocycles. The predicted octanol–water partition coefficient (Wildman–Crippen LogP) is 10.4. The van der Waals surface area contributed by atoms with Crippen LogP contribution in [0.4, 0.5) is 0 Å². The molecule has 0 fully saturated rings. The molecule has 0 aliphatic rings. The summed E-state index contributed by atoms with van der Waals surface area (Å²) in [5.41, 5.74) is 6.36. The summed E-state index contributed by atoms with van der Waals surface area (Å²) in [7, 11) is 0. The lowest BCUT2D eigenvalue weighted by molar-refractivity contribution is 0.537. The molecule has 0 unspecified atom stereocenters. The van der Waals surface area contributed by atoms with Gasteiger partial charge in [-0.15, -0.1) is 0 Å². The Bertz CT molecular complexity index is 1010. The largest absolute Gasteiger partial charge is 0.472 e. The van der Waals surface area contributed by atoms with Gasteiger partial charge >= 0.3 is 0 Å². The highest BCUT2D eigenvalue weighted by atomic mass is 32.1. The van der Waals surface area contributed by atoms with Gasteiger partial charge in [0.15, 0.2) is 0 Å². The average Bonchev–Trinajstić information content (AvgIpc) is 3.55. The Morgan fingerprint density at radius 1 is 0.553 bits per heavy atom. The first-order valence-electron chi connectivity index (χ1n) is 13.3. The van der Waals surface area contributed by atoms with Gasteiger partial charge < -0.3 is 4.42 Å². The van der Waals surface area contributed by atoms with Crippen molar-refractivity contribution in [2.45, 2.75) is 105 Å². The van der Waals surface area contributed by atoms with Crippen molar-refractivity contribution in [2.75, 3.05) is 0 Å². The maximum Gasteiger partial charge on any atom is 0.0939 e. The van der Waals surface area contributed by atoms with Gasteiger partial charge in [0.2, 0.25) is 0 Å². The lowest BCUT2D eigenvalue weighted by atomic mass is 9.88. The number of hydrogen-bond donors (Lipinski definition) is 0. The SMILES string of the molecule is CC(C)(C)c1cccnc1.CC(C)(C)c1ccncc1.CC(C)(C)c1ccoc1.CC(C)(C)c1ccsc1. The summed E-state index contributed by atoms with van der Waals surface area (Å²) in [6.45, 7) is 26.3. The number of nitrogens with zero attached hydrogens (tertiary/aromatic N) is 2. The Morgan fingerprint density at radius 3 is 1.37 bits per heavy atom. The van der Waals surface area contributed by atoms with Crippen LogP contribution < -0.4 is 0 Å². The molecule has 0 aliphatic carbocycles. The average molecular weight is 535 g/mol. The Kier molecular flexibility index (Phi) is 12.7. The smallest absolute Gasteiger partial charge is 0.0939 e. The Balaban J connectivity index is 0.000000254. The second kappa shape index (κ2) is 14.4. The van der Waals surface area contributed by atoms with Crippen LogP contribution in [0.5, 0.6) is 0 Å². The van der Waals surface area contributed by atoms with Crippen molar-refractivity contribution in [3.63, 3.8) is 0 Å². The van der Waals surface area contributed by atoms with Gasteiger partial charge in [-0.05, 0) is 85.0 Å². The van der Waals surface area contributed by atoms with Gasteiger partial charge in [0, 0.05) is 24.8 Å². The molecule has 4 rings (SSSR count). The van der Waals surface area contributed by atoms with Crippen LogP contribution in [0, 0.1) is 0 Å². The maximum absolute atomic E-state index is 4.94. The molecule has 0 bridgehead atoms. The Morgan fingerprint density at radius 2 is 1.11 bits per heavy atom. The minimum absolute atomic E-state index is 0.229. The summed E-state index contributed by atoms with van der Waals surface area (Å²) in [6.07, 6.45) is 10.9. The standard InChI is InChI=1S/2C9H13N.C8H12O.C8H12S/c1-9(2,3)8-4-6-10-7-5-8;1-9(2,3)8-5-4-6-10-7-8;2*1-8(2,3)7-4-5-9-6-7/h2*4-7H,1-3H3;2*4-6H,1-3H3. The quantitative estimate of drug-likeness (QED) is 0.225. The summed E-state index contributed by atoms with van der Waals surface area (Å²) in [5.74, 6) is 0. The molecular weight excluding hydrogens is 484 g/mol. The Labute approximate surface area is 236 Å². The van der Waals surface area contributed by atoms with E-state index in [9.17, 15) is 0 Å². The van der Waals surface area contributed by atoms with E-state index in [1.165, 1.54) is 22.3 Å². The third-order valence-corrected chi connectivity index (χ3v) is 6.53. The molecule has 0 spiro atoms. The molecule has 38 heavy (non-hydrogen) atoms. The van der Waals surface area contributed by atoms with E-state index >= 15 is 0 Å². The number of thiophene rings is 1. The van der Waals surface area contributed by atoms with Crippen LogP contribution in [0.2, 0.25) is 0 Å². The summed E-state index contributed by atoms with van der Waals surface area (Å²) in [4.78, 5) is 8.01. The van der Waals surface area contributed by atoms with E-state index in [4.69, 9.17) is 4.42 Å². The molecule has 4 heterocycles. The van der Waals surface area contributed by atoms with Crippen molar-refractivity contribution in [3.8, 4) is 0 Å². The summed E-state index contributed by atoms with van der Waals surface area (Å²) in [5, 5.41) is 4.33. The topological polar surface area (TPSA) is 38.9 Å². The molecule has 208 valence electrons. The lowest BCUT2D eigenvalue weighted by Gasteiger charge is -2.17. The molecule has 0 aromatic carbocycles. The molecular formula is C34H50N2OS. The van der Waals surface area contributed by atoms with Crippen molar-refractivity contribution in [1.82, 2.24) is 9.97 Å².